The molecule has 0 spiro atoms. The molecule has 0 aliphatic heterocycles. The fourth-order valence-electron chi connectivity index (χ4n) is 2.26. The van der Waals surface area contributed by atoms with E-state index in [0.29, 0.717) is 39.2 Å². The molecule has 2 aromatic rings. The van der Waals surface area contributed by atoms with Gasteiger partial charge in [-0.15, -0.1) is 0 Å². The van der Waals surface area contributed by atoms with Gasteiger partial charge in [-0.3, -0.25) is 9.59 Å². The molecule has 0 aromatic heterocycles. The molecule has 0 unspecified atom stereocenters. The van der Waals surface area contributed by atoms with Crippen LogP contribution < -0.4 is 15.4 Å². The van der Waals surface area contributed by atoms with Crippen LogP contribution in [0.4, 0.5) is 11.4 Å². The molecule has 0 radical (unpaired) electrons. The van der Waals surface area contributed by atoms with Crippen molar-refractivity contribution in [2.75, 3.05) is 17.7 Å². The molecule has 0 aliphatic carbocycles. The van der Waals surface area contributed by atoms with Crippen LogP contribution in [0.5, 0.6) is 5.75 Å². The van der Waals surface area contributed by atoms with Crippen LogP contribution in [0.3, 0.4) is 0 Å². The fourth-order valence-corrected chi connectivity index (χ4v) is 2.56. The summed E-state index contributed by atoms with van der Waals surface area (Å²) in [6, 6.07) is 9.67. The molecule has 0 bridgehead atoms. The monoisotopic (exact) mass is 394 g/mol. The van der Waals surface area contributed by atoms with Crippen LogP contribution in [0, 0.1) is 0 Å². The van der Waals surface area contributed by atoms with Crippen LogP contribution in [0.15, 0.2) is 36.4 Å². The molecule has 2 amide bonds. The fraction of sp³-hybridized carbons (Fsp3) is 0.263. The quantitative estimate of drug-likeness (QED) is 0.661. The molecule has 0 aliphatic rings. The van der Waals surface area contributed by atoms with Crippen LogP contribution in [0.25, 0.3) is 0 Å². The standard InChI is InChI=1S/C19H20Cl2N2O3/c1-3-4-5-18(24)23-16-9-7-13(11-17(16)26-2)22-19(25)12-6-8-14(20)15(21)10-12/h6-11H,3-5H2,1-2H3,(H,22,25)(H,23,24). The lowest BCUT2D eigenvalue weighted by molar-refractivity contribution is -0.116. The van der Waals surface area contributed by atoms with Crippen LogP contribution in [0.1, 0.15) is 36.5 Å². The van der Waals surface area contributed by atoms with Gasteiger partial charge >= 0.3 is 0 Å². The van der Waals surface area contributed by atoms with Crippen molar-refractivity contribution in [3.8, 4) is 5.75 Å². The van der Waals surface area contributed by atoms with E-state index in [4.69, 9.17) is 27.9 Å². The van der Waals surface area contributed by atoms with Crippen LogP contribution in [-0.4, -0.2) is 18.9 Å². The second kappa shape index (κ2) is 9.46. The van der Waals surface area contributed by atoms with Gasteiger partial charge in [0.05, 0.1) is 22.8 Å². The van der Waals surface area contributed by atoms with Gasteiger partial charge in [-0.2, -0.15) is 0 Å². The van der Waals surface area contributed by atoms with Gasteiger partial charge in [-0.05, 0) is 36.8 Å². The maximum absolute atomic E-state index is 12.3. The predicted molar refractivity (Wildman–Crippen MR) is 106 cm³/mol. The third-order valence-corrected chi connectivity index (χ3v) is 4.41. The Morgan fingerprint density at radius 1 is 1.04 bits per heavy atom. The van der Waals surface area contributed by atoms with Crippen LogP contribution in [-0.2, 0) is 4.79 Å². The van der Waals surface area contributed by atoms with Crippen LogP contribution in [0.2, 0.25) is 10.0 Å². The summed E-state index contributed by atoms with van der Waals surface area (Å²) in [7, 11) is 1.50. The first kappa shape index (κ1) is 20.1. The number of hydrogen-bond donors (Lipinski definition) is 2. The molecule has 0 heterocycles. The number of unbranched alkanes of at least 4 members (excludes halogenated alkanes) is 1. The Morgan fingerprint density at radius 2 is 1.81 bits per heavy atom. The number of nitrogens with one attached hydrogen (secondary N) is 2. The summed E-state index contributed by atoms with van der Waals surface area (Å²) >= 11 is 11.8. The molecule has 7 heteroatoms. The first-order valence-electron chi connectivity index (χ1n) is 8.19. The van der Waals surface area contributed by atoms with Gasteiger partial charge in [0.1, 0.15) is 5.75 Å². The molecule has 0 saturated carbocycles. The Morgan fingerprint density at radius 3 is 2.46 bits per heavy atom. The van der Waals surface area contributed by atoms with Crippen molar-refractivity contribution in [2.24, 2.45) is 0 Å². The van der Waals surface area contributed by atoms with E-state index in [1.165, 1.54) is 13.2 Å². The largest absolute Gasteiger partial charge is 0.494 e. The Kier molecular flexibility index (Phi) is 7.30. The summed E-state index contributed by atoms with van der Waals surface area (Å²) in [6.07, 6.45) is 2.23. The van der Waals surface area contributed by atoms with Gasteiger partial charge in [-0.25, -0.2) is 0 Å². The van der Waals surface area contributed by atoms with Crippen molar-refractivity contribution < 1.29 is 14.3 Å². The molecular formula is C19H20Cl2N2O3. The van der Waals surface area contributed by atoms with E-state index >= 15 is 0 Å². The molecule has 5 nitrogen and oxygen atoms in total. The number of amides is 2. The normalized spacial score (nSPS) is 10.3. The highest BCUT2D eigenvalue weighted by Crippen LogP contribution is 2.29. The lowest BCUT2D eigenvalue weighted by Gasteiger charge is -2.13. The number of anilines is 2. The van der Waals surface area contributed by atoms with E-state index < -0.39 is 0 Å². The van der Waals surface area contributed by atoms with Crippen molar-refractivity contribution in [3.63, 3.8) is 0 Å². The zero-order chi connectivity index (χ0) is 19.1. The molecule has 2 rings (SSSR count). The zero-order valence-electron chi connectivity index (χ0n) is 14.6. The van der Waals surface area contributed by atoms with Crippen molar-refractivity contribution >= 4 is 46.4 Å². The summed E-state index contributed by atoms with van der Waals surface area (Å²) in [5, 5.41) is 6.26. The number of benzene rings is 2. The van der Waals surface area contributed by atoms with Crippen molar-refractivity contribution in [2.45, 2.75) is 26.2 Å². The van der Waals surface area contributed by atoms with Gasteiger partial charge in [0, 0.05) is 23.7 Å². The van der Waals surface area contributed by atoms with Gasteiger partial charge in [0.25, 0.3) is 5.91 Å². The lowest BCUT2D eigenvalue weighted by Crippen LogP contribution is -2.14. The van der Waals surface area contributed by atoms with Crippen molar-refractivity contribution in [3.05, 3.63) is 52.0 Å². The molecular weight excluding hydrogens is 375 g/mol. The summed E-state index contributed by atoms with van der Waals surface area (Å²) in [5.41, 5.74) is 1.47. The predicted octanol–water partition coefficient (Wildman–Crippen LogP) is 5.38. The highest BCUT2D eigenvalue weighted by Gasteiger charge is 2.12. The van der Waals surface area contributed by atoms with Crippen LogP contribution >= 0.6 is 23.2 Å². The van der Waals surface area contributed by atoms with E-state index in [1.807, 2.05) is 6.92 Å². The maximum atomic E-state index is 12.3. The van der Waals surface area contributed by atoms with Crippen molar-refractivity contribution in [1.29, 1.82) is 0 Å². The van der Waals surface area contributed by atoms with E-state index in [9.17, 15) is 9.59 Å². The topological polar surface area (TPSA) is 67.4 Å². The first-order chi connectivity index (χ1) is 12.4. The Balaban J connectivity index is 2.11. The summed E-state index contributed by atoms with van der Waals surface area (Å²) in [5.74, 6) is 0.0601. The lowest BCUT2D eigenvalue weighted by atomic mass is 10.2. The molecule has 0 fully saturated rings. The highest BCUT2D eigenvalue weighted by molar-refractivity contribution is 6.42. The molecule has 26 heavy (non-hydrogen) atoms. The molecule has 138 valence electrons. The summed E-state index contributed by atoms with van der Waals surface area (Å²) in [6.45, 7) is 2.03. The number of halogens is 2. The van der Waals surface area contributed by atoms with Gasteiger partial charge in [0.15, 0.2) is 0 Å². The van der Waals surface area contributed by atoms with Crippen molar-refractivity contribution in [1.82, 2.24) is 0 Å². The first-order valence-corrected chi connectivity index (χ1v) is 8.94. The third-order valence-electron chi connectivity index (χ3n) is 3.67. The minimum Gasteiger partial charge on any atom is -0.494 e. The van der Waals surface area contributed by atoms with Gasteiger partial charge in [-0.1, -0.05) is 36.5 Å². The Hall–Kier alpha value is -2.24. The third kappa shape index (κ3) is 5.38. The Labute approximate surface area is 162 Å². The maximum Gasteiger partial charge on any atom is 0.255 e. The smallest absolute Gasteiger partial charge is 0.255 e. The minimum absolute atomic E-state index is 0.0715. The number of methoxy groups -OCH3 is 1. The SMILES string of the molecule is CCCCC(=O)Nc1ccc(NC(=O)c2ccc(Cl)c(Cl)c2)cc1OC. The zero-order valence-corrected chi connectivity index (χ0v) is 16.1. The molecule has 2 aromatic carbocycles. The van der Waals surface area contributed by atoms with E-state index in [1.54, 1.807) is 30.3 Å². The molecule has 2 N–H and O–H groups in total. The van der Waals surface area contributed by atoms with E-state index in [2.05, 4.69) is 10.6 Å². The minimum atomic E-state index is -0.328. The summed E-state index contributed by atoms with van der Waals surface area (Å²) < 4.78 is 5.31. The number of ether oxygens (including phenoxy) is 1. The number of hydrogen-bond acceptors (Lipinski definition) is 3. The average molecular weight is 395 g/mol. The molecule has 0 saturated heterocycles. The number of carbonyl (C=O) groups excluding carboxylic acids is 2. The van der Waals surface area contributed by atoms with E-state index in [-0.39, 0.29) is 11.8 Å². The summed E-state index contributed by atoms with van der Waals surface area (Å²) in [4.78, 5) is 24.2. The second-order valence-electron chi connectivity index (χ2n) is 5.65. The number of rotatable bonds is 7. The van der Waals surface area contributed by atoms with Gasteiger partial charge < -0.3 is 15.4 Å². The molecule has 0 atom stereocenters. The van der Waals surface area contributed by atoms with E-state index in [0.717, 1.165) is 12.8 Å². The second-order valence-corrected chi connectivity index (χ2v) is 6.46. The average Bonchev–Trinajstić information content (AvgIpc) is 2.63. The number of carbonyl (C=O) groups is 2. The Bertz CT molecular complexity index is 809. The van der Waals surface area contributed by atoms with Gasteiger partial charge in [0.2, 0.25) is 5.91 Å². The highest BCUT2D eigenvalue weighted by atomic mass is 35.5.